The lowest BCUT2D eigenvalue weighted by Gasteiger charge is -2.32. The van der Waals surface area contributed by atoms with Gasteiger partial charge in [-0.15, -0.1) is 5.10 Å². The predicted octanol–water partition coefficient (Wildman–Crippen LogP) is 4.02. The van der Waals surface area contributed by atoms with Crippen LogP contribution in [-0.2, 0) is 4.79 Å². The highest BCUT2D eigenvalue weighted by Gasteiger charge is 2.36. The minimum Gasteiger partial charge on any atom is -0.328 e. The third-order valence-corrected chi connectivity index (χ3v) is 5.33. The summed E-state index contributed by atoms with van der Waals surface area (Å²) in [4.78, 5) is 21.5. The molecule has 1 aliphatic carbocycles. The maximum atomic E-state index is 12.8. The lowest BCUT2D eigenvalue weighted by molar-refractivity contribution is -0.116. The largest absolute Gasteiger partial charge is 0.328 e. The molecule has 1 aromatic carbocycles. The van der Waals surface area contributed by atoms with Gasteiger partial charge in [0.25, 0.3) is 0 Å². The summed E-state index contributed by atoms with van der Waals surface area (Å²) in [7, 11) is 0. The van der Waals surface area contributed by atoms with E-state index in [9.17, 15) is 4.79 Å². The number of carbonyl (C=O) groups excluding carboxylic acids is 1. The van der Waals surface area contributed by atoms with E-state index in [1.165, 1.54) is 0 Å². The molecule has 27 heavy (non-hydrogen) atoms. The fraction of sp³-hybridized carbons (Fsp3) is 0.200. The summed E-state index contributed by atoms with van der Waals surface area (Å²) in [5.41, 5.74) is 3.45. The maximum Gasteiger partial charge on any atom is 0.226 e. The number of carbonyl (C=O) groups is 1. The molecular weight excluding hydrogens is 362 g/mol. The van der Waals surface area contributed by atoms with Crippen molar-refractivity contribution in [1.29, 1.82) is 0 Å². The molecule has 0 radical (unpaired) electrons. The van der Waals surface area contributed by atoms with Gasteiger partial charge in [0.15, 0.2) is 11.6 Å². The van der Waals surface area contributed by atoms with Crippen LogP contribution in [0, 0.1) is 0 Å². The van der Waals surface area contributed by atoms with Crippen LogP contribution in [0.5, 0.6) is 0 Å². The van der Waals surface area contributed by atoms with E-state index in [-0.39, 0.29) is 11.8 Å². The van der Waals surface area contributed by atoms with E-state index >= 15 is 0 Å². The standard InChI is InChI=1S/C20H16ClN5O/c21-14-5-2-1-4-13(14)19-24-20-23-15-6-3-7-16(27)17(15)18(26(20)25-19)12-8-10-22-11-9-12/h1-2,4-5,8-11,18H,3,6-7H2,(H,23,24,25). The van der Waals surface area contributed by atoms with Crippen LogP contribution in [0.25, 0.3) is 11.4 Å². The zero-order valence-corrected chi connectivity index (χ0v) is 15.1. The number of aromatic nitrogens is 4. The highest BCUT2D eigenvalue weighted by atomic mass is 35.5. The van der Waals surface area contributed by atoms with Gasteiger partial charge in [-0.2, -0.15) is 4.98 Å². The van der Waals surface area contributed by atoms with Gasteiger partial charge in [0.1, 0.15) is 6.04 Å². The summed E-state index contributed by atoms with van der Waals surface area (Å²) < 4.78 is 1.79. The second kappa shape index (κ2) is 6.32. The SMILES string of the molecule is O=C1CCCC2=C1C(c1ccncc1)n1nc(-c3ccccc3Cl)nc1N2. The fourth-order valence-electron chi connectivity index (χ4n) is 3.77. The number of Topliss-reactive ketones (excluding diaryl/α,β-unsaturated/α-hetero) is 1. The molecule has 3 heterocycles. The Morgan fingerprint density at radius 2 is 1.93 bits per heavy atom. The number of halogens is 1. The summed E-state index contributed by atoms with van der Waals surface area (Å²) in [6.45, 7) is 0. The van der Waals surface area contributed by atoms with Crippen LogP contribution in [0.1, 0.15) is 30.9 Å². The van der Waals surface area contributed by atoms with Crippen molar-refractivity contribution < 1.29 is 4.79 Å². The summed E-state index contributed by atoms with van der Waals surface area (Å²) in [5.74, 6) is 1.32. The number of hydrogen-bond donors (Lipinski definition) is 1. The number of allylic oxidation sites excluding steroid dienone is 2. The molecule has 5 rings (SSSR count). The van der Waals surface area contributed by atoms with Crippen molar-refractivity contribution in [3.63, 3.8) is 0 Å². The van der Waals surface area contributed by atoms with E-state index < -0.39 is 0 Å². The predicted molar refractivity (Wildman–Crippen MR) is 102 cm³/mol. The lowest BCUT2D eigenvalue weighted by Crippen LogP contribution is -2.31. The lowest BCUT2D eigenvalue weighted by atomic mass is 9.86. The number of nitrogens with one attached hydrogen (secondary N) is 1. The summed E-state index contributed by atoms with van der Waals surface area (Å²) >= 11 is 6.34. The van der Waals surface area contributed by atoms with Gasteiger partial charge in [-0.25, -0.2) is 4.68 Å². The van der Waals surface area contributed by atoms with Gasteiger partial charge in [-0.1, -0.05) is 23.7 Å². The van der Waals surface area contributed by atoms with Crippen LogP contribution in [-0.4, -0.2) is 25.5 Å². The van der Waals surface area contributed by atoms with E-state index in [4.69, 9.17) is 16.7 Å². The molecule has 0 amide bonds. The molecule has 1 N–H and O–H groups in total. The van der Waals surface area contributed by atoms with E-state index in [0.29, 0.717) is 23.2 Å². The van der Waals surface area contributed by atoms with Crippen LogP contribution in [0.4, 0.5) is 5.95 Å². The number of fused-ring (bicyclic) bond motifs is 1. The maximum absolute atomic E-state index is 12.8. The van der Waals surface area contributed by atoms with Crippen molar-refractivity contribution >= 4 is 23.3 Å². The minimum absolute atomic E-state index is 0.158. The first-order valence-corrected chi connectivity index (χ1v) is 9.25. The summed E-state index contributed by atoms with van der Waals surface area (Å²) in [5, 5.41) is 8.64. The first kappa shape index (κ1) is 16.2. The molecule has 7 heteroatoms. The molecule has 6 nitrogen and oxygen atoms in total. The van der Waals surface area contributed by atoms with Crippen molar-refractivity contribution in [3.8, 4) is 11.4 Å². The van der Waals surface area contributed by atoms with Crippen LogP contribution in [0.15, 0.2) is 60.1 Å². The molecule has 0 bridgehead atoms. The van der Waals surface area contributed by atoms with Crippen molar-refractivity contribution in [3.05, 3.63) is 70.6 Å². The van der Waals surface area contributed by atoms with Crippen LogP contribution < -0.4 is 5.32 Å². The molecule has 2 aromatic heterocycles. The molecule has 1 aliphatic heterocycles. The Balaban J connectivity index is 1.70. The van der Waals surface area contributed by atoms with E-state index in [2.05, 4.69) is 15.3 Å². The Bertz CT molecular complexity index is 1070. The Labute approximate surface area is 160 Å². The van der Waals surface area contributed by atoms with Gasteiger partial charge >= 0.3 is 0 Å². The Morgan fingerprint density at radius 3 is 2.74 bits per heavy atom. The first-order chi connectivity index (χ1) is 13.2. The second-order valence-electron chi connectivity index (χ2n) is 6.66. The average Bonchev–Trinajstić information content (AvgIpc) is 3.11. The molecule has 0 spiro atoms. The number of nitrogens with zero attached hydrogens (tertiary/aromatic N) is 4. The first-order valence-electron chi connectivity index (χ1n) is 8.87. The second-order valence-corrected chi connectivity index (χ2v) is 7.07. The number of ketones is 1. The molecule has 134 valence electrons. The van der Waals surface area contributed by atoms with Gasteiger partial charge in [-0.3, -0.25) is 9.78 Å². The van der Waals surface area contributed by atoms with Gasteiger partial charge in [0, 0.05) is 35.6 Å². The van der Waals surface area contributed by atoms with E-state index in [1.807, 2.05) is 36.4 Å². The van der Waals surface area contributed by atoms with Gasteiger partial charge in [-0.05, 0) is 42.7 Å². The summed E-state index contributed by atoms with van der Waals surface area (Å²) in [6, 6.07) is 11.0. The van der Waals surface area contributed by atoms with Crippen LogP contribution in [0.3, 0.4) is 0 Å². The van der Waals surface area contributed by atoms with Gasteiger partial charge in [0.05, 0.1) is 5.02 Å². The average molecular weight is 378 g/mol. The number of pyridine rings is 1. The zero-order chi connectivity index (χ0) is 18.4. The monoisotopic (exact) mass is 377 g/mol. The highest BCUT2D eigenvalue weighted by molar-refractivity contribution is 6.33. The number of benzene rings is 1. The fourth-order valence-corrected chi connectivity index (χ4v) is 3.99. The topological polar surface area (TPSA) is 72.7 Å². The zero-order valence-electron chi connectivity index (χ0n) is 14.4. The third-order valence-electron chi connectivity index (χ3n) is 5.00. The van der Waals surface area contributed by atoms with E-state index in [0.717, 1.165) is 35.2 Å². The molecule has 0 fully saturated rings. The van der Waals surface area contributed by atoms with Gasteiger partial charge in [0.2, 0.25) is 5.95 Å². The Hall–Kier alpha value is -2.99. The molecule has 1 unspecified atom stereocenters. The third kappa shape index (κ3) is 2.64. The molecular formula is C20H16ClN5O. The molecule has 1 atom stereocenters. The quantitative estimate of drug-likeness (QED) is 0.730. The smallest absolute Gasteiger partial charge is 0.226 e. The number of rotatable bonds is 2. The van der Waals surface area contributed by atoms with E-state index in [1.54, 1.807) is 17.1 Å². The van der Waals surface area contributed by atoms with Crippen LogP contribution in [0.2, 0.25) is 5.02 Å². The Kier molecular flexibility index (Phi) is 3.79. The van der Waals surface area contributed by atoms with Gasteiger partial charge < -0.3 is 5.32 Å². The van der Waals surface area contributed by atoms with Crippen molar-refractivity contribution in [1.82, 2.24) is 19.7 Å². The minimum atomic E-state index is -0.309. The number of hydrogen-bond acceptors (Lipinski definition) is 5. The summed E-state index contributed by atoms with van der Waals surface area (Å²) in [6.07, 6.45) is 5.70. The van der Waals surface area contributed by atoms with Crippen molar-refractivity contribution in [2.45, 2.75) is 25.3 Å². The molecule has 0 saturated carbocycles. The normalized spacial score (nSPS) is 18.7. The van der Waals surface area contributed by atoms with Crippen molar-refractivity contribution in [2.24, 2.45) is 0 Å². The molecule has 3 aromatic rings. The molecule has 2 aliphatic rings. The Morgan fingerprint density at radius 1 is 1.11 bits per heavy atom. The highest BCUT2D eigenvalue weighted by Crippen LogP contribution is 2.40. The number of anilines is 1. The van der Waals surface area contributed by atoms with Crippen LogP contribution >= 0.6 is 11.6 Å². The van der Waals surface area contributed by atoms with Crippen molar-refractivity contribution in [2.75, 3.05) is 5.32 Å². The molecule has 0 saturated heterocycles.